The lowest BCUT2D eigenvalue weighted by atomic mass is 10.0. The van der Waals surface area contributed by atoms with E-state index in [-0.39, 0.29) is 6.54 Å². The topological polar surface area (TPSA) is 74.8 Å². The molecule has 0 aliphatic heterocycles. The Morgan fingerprint density at radius 3 is 2.80 bits per heavy atom. The summed E-state index contributed by atoms with van der Waals surface area (Å²) in [6.07, 6.45) is 0. The Bertz CT molecular complexity index is 473. The van der Waals surface area contributed by atoms with E-state index in [2.05, 4.69) is 21.9 Å². The first-order valence-corrected chi connectivity index (χ1v) is 4.51. The highest BCUT2D eigenvalue weighted by atomic mass is 15.1. The molecule has 0 heterocycles. The summed E-state index contributed by atoms with van der Waals surface area (Å²) >= 11 is 0. The molecule has 0 aliphatic carbocycles. The zero-order valence-electron chi connectivity index (χ0n) is 8.78. The minimum absolute atomic E-state index is 0.194. The molecular weight excluding hydrogens is 188 g/mol. The molecule has 0 saturated carbocycles. The lowest BCUT2D eigenvalue weighted by Gasteiger charge is -2.03. The third-order valence-corrected chi connectivity index (χ3v) is 2.05. The summed E-state index contributed by atoms with van der Waals surface area (Å²) in [7, 11) is 0. The van der Waals surface area contributed by atoms with Crippen molar-refractivity contribution in [2.24, 2.45) is 5.11 Å². The molecule has 0 unspecified atom stereocenters. The number of hydrogen-bond donors (Lipinski definition) is 1. The second-order valence-corrected chi connectivity index (χ2v) is 3.21. The summed E-state index contributed by atoms with van der Waals surface area (Å²) in [6, 6.07) is 3.83. The van der Waals surface area contributed by atoms with E-state index in [1.165, 1.54) is 0 Å². The van der Waals surface area contributed by atoms with Crippen molar-refractivity contribution in [2.45, 2.75) is 13.8 Å². The summed E-state index contributed by atoms with van der Waals surface area (Å²) in [5.74, 6) is 5.72. The van der Waals surface area contributed by atoms with Crippen molar-refractivity contribution in [3.05, 3.63) is 39.3 Å². The first kappa shape index (κ1) is 11.0. The van der Waals surface area contributed by atoms with Gasteiger partial charge in [0.05, 0.1) is 6.54 Å². The van der Waals surface area contributed by atoms with Gasteiger partial charge in [-0.25, -0.2) is 0 Å². The average molecular weight is 200 g/mol. The molecule has 0 bridgehead atoms. The monoisotopic (exact) mass is 200 g/mol. The van der Waals surface area contributed by atoms with Crippen molar-refractivity contribution in [2.75, 3.05) is 12.3 Å². The van der Waals surface area contributed by atoms with Crippen molar-refractivity contribution in [3.8, 4) is 11.8 Å². The average Bonchev–Trinajstić information content (AvgIpc) is 2.20. The molecule has 0 radical (unpaired) electrons. The fourth-order valence-corrected chi connectivity index (χ4v) is 1.17. The largest absolute Gasteiger partial charge is 0.399 e. The molecule has 0 aliphatic rings. The van der Waals surface area contributed by atoms with Gasteiger partial charge < -0.3 is 5.73 Å². The SMILES string of the molecule is Cc1cc(C#CCN=[N+]=[N-])c(C)cc1N. The van der Waals surface area contributed by atoms with Crippen LogP contribution in [0.3, 0.4) is 0 Å². The number of nitrogen functional groups attached to an aromatic ring is 1. The van der Waals surface area contributed by atoms with Crippen LogP contribution in [0.2, 0.25) is 0 Å². The lowest BCUT2D eigenvalue weighted by Crippen LogP contribution is -1.93. The molecule has 0 spiro atoms. The maximum Gasteiger partial charge on any atom is 0.0880 e. The molecule has 1 aromatic rings. The molecule has 0 saturated heterocycles. The van der Waals surface area contributed by atoms with Crippen LogP contribution in [-0.2, 0) is 0 Å². The summed E-state index contributed by atoms with van der Waals surface area (Å²) in [5.41, 5.74) is 17.6. The number of benzene rings is 1. The summed E-state index contributed by atoms with van der Waals surface area (Å²) < 4.78 is 0. The van der Waals surface area contributed by atoms with Crippen molar-refractivity contribution < 1.29 is 0 Å². The van der Waals surface area contributed by atoms with E-state index < -0.39 is 0 Å². The molecule has 4 heteroatoms. The second kappa shape index (κ2) is 4.94. The highest BCUT2D eigenvalue weighted by molar-refractivity contribution is 5.55. The summed E-state index contributed by atoms with van der Waals surface area (Å²) in [5, 5.41) is 3.34. The standard InChI is InChI=1S/C11H12N4/c1-8-7-11(12)9(2)6-10(8)4-3-5-14-15-13/h6-7H,5,12H2,1-2H3. The predicted octanol–water partition coefficient (Wildman–Crippen LogP) is 2.55. The van der Waals surface area contributed by atoms with Crippen molar-refractivity contribution >= 4 is 5.69 Å². The summed E-state index contributed by atoms with van der Waals surface area (Å²) in [4.78, 5) is 2.62. The fraction of sp³-hybridized carbons (Fsp3) is 0.273. The van der Waals surface area contributed by atoms with Gasteiger partial charge in [0.2, 0.25) is 0 Å². The minimum atomic E-state index is 0.194. The Kier molecular flexibility index (Phi) is 3.61. The van der Waals surface area contributed by atoms with Gasteiger partial charge in [-0.05, 0) is 42.6 Å². The van der Waals surface area contributed by atoms with E-state index >= 15 is 0 Å². The number of anilines is 1. The molecule has 0 atom stereocenters. The number of aryl methyl sites for hydroxylation is 2. The van der Waals surface area contributed by atoms with Gasteiger partial charge in [-0.1, -0.05) is 17.0 Å². The smallest absolute Gasteiger partial charge is 0.0880 e. The number of nitrogens with two attached hydrogens (primary N) is 1. The number of hydrogen-bond acceptors (Lipinski definition) is 2. The zero-order chi connectivity index (χ0) is 11.3. The van der Waals surface area contributed by atoms with Gasteiger partial charge in [0.15, 0.2) is 0 Å². The van der Waals surface area contributed by atoms with Crippen molar-refractivity contribution in [3.63, 3.8) is 0 Å². The highest BCUT2D eigenvalue weighted by Gasteiger charge is 1.98. The molecule has 4 nitrogen and oxygen atoms in total. The number of rotatable bonds is 1. The second-order valence-electron chi connectivity index (χ2n) is 3.21. The van der Waals surface area contributed by atoms with Crippen LogP contribution in [0.5, 0.6) is 0 Å². The van der Waals surface area contributed by atoms with Crippen LogP contribution in [0, 0.1) is 25.7 Å². The van der Waals surface area contributed by atoms with E-state index in [1.807, 2.05) is 26.0 Å². The minimum Gasteiger partial charge on any atom is -0.399 e. The number of nitrogens with zero attached hydrogens (tertiary/aromatic N) is 3. The molecule has 2 N–H and O–H groups in total. The van der Waals surface area contributed by atoms with Crippen molar-refractivity contribution in [1.29, 1.82) is 0 Å². The molecule has 76 valence electrons. The molecule has 0 amide bonds. The van der Waals surface area contributed by atoms with E-state index in [9.17, 15) is 0 Å². The Morgan fingerprint density at radius 1 is 1.40 bits per heavy atom. The number of azide groups is 1. The Balaban J connectivity index is 2.98. The van der Waals surface area contributed by atoms with Gasteiger partial charge in [-0.15, -0.1) is 0 Å². The van der Waals surface area contributed by atoms with Gasteiger partial charge in [-0.2, -0.15) is 0 Å². The van der Waals surface area contributed by atoms with Crippen LogP contribution in [0.15, 0.2) is 17.2 Å². The molecule has 0 fully saturated rings. The van der Waals surface area contributed by atoms with Crippen LogP contribution in [0.1, 0.15) is 16.7 Å². The maximum atomic E-state index is 8.07. The van der Waals surface area contributed by atoms with Gasteiger partial charge in [0.1, 0.15) is 0 Å². The van der Waals surface area contributed by atoms with Crippen LogP contribution in [0.25, 0.3) is 10.4 Å². The normalized spacial score (nSPS) is 8.67. The van der Waals surface area contributed by atoms with E-state index in [0.29, 0.717) is 0 Å². The van der Waals surface area contributed by atoms with E-state index in [0.717, 1.165) is 22.4 Å². The third kappa shape index (κ3) is 2.94. The quantitative estimate of drug-likeness (QED) is 0.244. The molecule has 1 rings (SSSR count). The first-order chi connectivity index (χ1) is 7.15. The van der Waals surface area contributed by atoms with Crippen molar-refractivity contribution in [1.82, 2.24) is 0 Å². The maximum absolute atomic E-state index is 8.07. The highest BCUT2D eigenvalue weighted by Crippen LogP contribution is 2.16. The van der Waals surface area contributed by atoms with E-state index in [4.69, 9.17) is 11.3 Å². The van der Waals surface area contributed by atoms with Crippen LogP contribution >= 0.6 is 0 Å². The van der Waals surface area contributed by atoms with E-state index in [1.54, 1.807) is 0 Å². The fourth-order valence-electron chi connectivity index (χ4n) is 1.17. The van der Waals surface area contributed by atoms with Gasteiger partial charge >= 0.3 is 0 Å². The molecule has 15 heavy (non-hydrogen) atoms. The van der Waals surface area contributed by atoms with Crippen LogP contribution < -0.4 is 5.73 Å². The predicted molar refractivity (Wildman–Crippen MR) is 61.2 cm³/mol. The molecule has 0 aromatic heterocycles. The Morgan fingerprint density at radius 2 is 2.13 bits per heavy atom. The van der Waals surface area contributed by atoms with Crippen LogP contribution in [-0.4, -0.2) is 6.54 Å². The van der Waals surface area contributed by atoms with Gasteiger partial charge in [-0.3, -0.25) is 0 Å². The van der Waals surface area contributed by atoms with Gasteiger partial charge in [0, 0.05) is 16.2 Å². The first-order valence-electron chi connectivity index (χ1n) is 4.51. The lowest BCUT2D eigenvalue weighted by molar-refractivity contribution is 1.25. The molecular formula is C11H12N4. The Labute approximate surface area is 88.7 Å². The molecule has 1 aromatic carbocycles. The third-order valence-electron chi connectivity index (χ3n) is 2.05. The Hall–Kier alpha value is -2.11. The summed E-state index contributed by atoms with van der Waals surface area (Å²) in [6.45, 7) is 4.08. The van der Waals surface area contributed by atoms with Crippen LogP contribution in [0.4, 0.5) is 5.69 Å². The van der Waals surface area contributed by atoms with Gasteiger partial charge in [0.25, 0.3) is 0 Å². The zero-order valence-corrected chi connectivity index (χ0v) is 8.78.